The summed E-state index contributed by atoms with van der Waals surface area (Å²) in [5, 5.41) is 7.21. The summed E-state index contributed by atoms with van der Waals surface area (Å²) in [5.41, 5.74) is 0.609. The third-order valence-electron chi connectivity index (χ3n) is 2.93. The molecule has 0 aromatic carbocycles. The van der Waals surface area contributed by atoms with Gasteiger partial charge in [-0.2, -0.15) is 5.10 Å². The largest absolute Gasteiger partial charge is 0.381 e. The number of rotatable bonds is 4. The van der Waals surface area contributed by atoms with E-state index in [0.29, 0.717) is 4.47 Å². The number of aromatic nitrogens is 2. The Morgan fingerprint density at radius 3 is 2.94 bits per heavy atom. The molecule has 7 heteroatoms. The van der Waals surface area contributed by atoms with Crippen molar-refractivity contribution in [1.82, 2.24) is 14.7 Å². The van der Waals surface area contributed by atoms with Crippen LogP contribution in [-0.4, -0.2) is 54.1 Å². The first-order valence-corrected chi connectivity index (χ1v) is 6.73. The van der Waals surface area contributed by atoms with Crippen LogP contribution in [0, 0.1) is 0 Å². The van der Waals surface area contributed by atoms with Gasteiger partial charge in [-0.1, -0.05) is 0 Å². The van der Waals surface area contributed by atoms with Crippen molar-refractivity contribution in [3.05, 3.63) is 21.0 Å². The van der Waals surface area contributed by atoms with Crippen molar-refractivity contribution >= 4 is 21.6 Å². The summed E-state index contributed by atoms with van der Waals surface area (Å²) >= 11 is 3.29. The van der Waals surface area contributed by atoms with Gasteiger partial charge in [0.25, 0.3) is 5.56 Å². The van der Waals surface area contributed by atoms with Crippen molar-refractivity contribution in [2.24, 2.45) is 7.05 Å². The van der Waals surface area contributed by atoms with Crippen LogP contribution in [0.4, 0.5) is 5.69 Å². The van der Waals surface area contributed by atoms with Crippen LogP contribution in [0.2, 0.25) is 0 Å². The van der Waals surface area contributed by atoms with Crippen molar-refractivity contribution in [2.75, 3.05) is 44.7 Å². The number of nitrogens with one attached hydrogen (secondary N) is 1. The van der Waals surface area contributed by atoms with Gasteiger partial charge in [0.2, 0.25) is 0 Å². The summed E-state index contributed by atoms with van der Waals surface area (Å²) in [4.78, 5) is 14.0. The maximum atomic E-state index is 11.6. The van der Waals surface area contributed by atoms with E-state index < -0.39 is 0 Å². The molecule has 1 aromatic rings. The fourth-order valence-electron chi connectivity index (χ4n) is 1.81. The lowest BCUT2D eigenvalue weighted by molar-refractivity contribution is 0.0398. The van der Waals surface area contributed by atoms with E-state index in [0.717, 1.165) is 45.1 Å². The molecule has 1 aliphatic rings. The number of hydrogen-bond donors (Lipinski definition) is 1. The van der Waals surface area contributed by atoms with Crippen LogP contribution in [0.3, 0.4) is 0 Å². The molecule has 1 saturated heterocycles. The molecule has 1 N–H and O–H groups in total. The minimum atomic E-state index is -0.133. The number of anilines is 1. The predicted octanol–water partition coefficient (Wildman–Crippen LogP) is 0.287. The number of halogens is 1. The van der Waals surface area contributed by atoms with E-state index >= 15 is 0 Å². The standard InChI is InChI=1S/C11H17BrN4O2/c1-15-11(17)10(12)9(8-14-15)13-2-3-16-4-6-18-7-5-16/h8,13H,2-7H2,1H3. The highest BCUT2D eigenvalue weighted by Gasteiger charge is 2.10. The molecule has 0 radical (unpaired) electrons. The molecule has 0 amide bonds. The second-order valence-corrected chi connectivity index (χ2v) is 4.97. The molecule has 2 rings (SSSR count). The molecule has 6 nitrogen and oxygen atoms in total. The van der Waals surface area contributed by atoms with Crippen LogP contribution in [0.5, 0.6) is 0 Å². The Bertz CT molecular complexity index is 457. The molecule has 1 aromatic heterocycles. The summed E-state index contributed by atoms with van der Waals surface area (Å²) in [5.74, 6) is 0. The van der Waals surface area contributed by atoms with Gasteiger partial charge in [-0.15, -0.1) is 0 Å². The Morgan fingerprint density at radius 1 is 1.50 bits per heavy atom. The monoisotopic (exact) mass is 316 g/mol. The average Bonchev–Trinajstić information content (AvgIpc) is 2.40. The first-order valence-electron chi connectivity index (χ1n) is 5.94. The van der Waals surface area contributed by atoms with Gasteiger partial charge in [-0.05, 0) is 15.9 Å². The Labute approximate surface area is 114 Å². The van der Waals surface area contributed by atoms with Gasteiger partial charge < -0.3 is 10.1 Å². The summed E-state index contributed by atoms with van der Waals surface area (Å²) in [7, 11) is 1.63. The van der Waals surface area contributed by atoms with E-state index in [4.69, 9.17) is 4.74 Å². The second-order valence-electron chi connectivity index (χ2n) is 4.18. The zero-order valence-corrected chi connectivity index (χ0v) is 11.9. The summed E-state index contributed by atoms with van der Waals surface area (Å²) in [6.07, 6.45) is 1.66. The predicted molar refractivity (Wildman–Crippen MR) is 72.9 cm³/mol. The molecule has 18 heavy (non-hydrogen) atoms. The molecule has 1 aliphatic heterocycles. The minimum absolute atomic E-state index is 0.133. The highest BCUT2D eigenvalue weighted by atomic mass is 79.9. The molecule has 2 heterocycles. The fourth-order valence-corrected chi connectivity index (χ4v) is 2.31. The Morgan fingerprint density at radius 2 is 2.22 bits per heavy atom. The molecule has 0 atom stereocenters. The molecule has 0 bridgehead atoms. The maximum Gasteiger partial charge on any atom is 0.282 e. The Hall–Kier alpha value is -0.920. The molecule has 0 unspecified atom stereocenters. The van der Waals surface area contributed by atoms with Crippen LogP contribution in [-0.2, 0) is 11.8 Å². The van der Waals surface area contributed by atoms with E-state index in [2.05, 4.69) is 31.2 Å². The number of nitrogens with zero attached hydrogens (tertiary/aromatic N) is 3. The molecule has 0 spiro atoms. The number of morpholine rings is 1. The highest BCUT2D eigenvalue weighted by molar-refractivity contribution is 9.10. The highest BCUT2D eigenvalue weighted by Crippen LogP contribution is 2.15. The van der Waals surface area contributed by atoms with Crippen molar-refractivity contribution in [1.29, 1.82) is 0 Å². The van der Waals surface area contributed by atoms with E-state index in [1.807, 2.05) is 0 Å². The van der Waals surface area contributed by atoms with Crippen LogP contribution in [0.1, 0.15) is 0 Å². The Balaban J connectivity index is 1.86. The molecular formula is C11H17BrN4O2. The number of hydrogen-bond acceptors (Lipinski definition) is 5. The summed E-state index contributed by atoms with van der Waals surface area (Å²) < 4.78 is 7.12. The zero-order chi connectivity index (χ0) is 13.0. The molecule has 0 saturated carbocycles. The van der Waals surface area contributed by atoms with Gasteiger partial charge in [-0.3, -0.25) is 9.69 Å². The van der Waals surface area contributed by atoms with E-state index in [1.54, 1.807) is 13.2 Å². The van der Waals surface area contributed by atoms with Crippen LogP contribution < -0.4 is 10.9 Å². The zero-order valence-electron chi connectivity index (χ0n) is 10.4. The fraction of sp³-hybridized carbons (Fsp3) is 0.636. The van der Waals surface area contributed by atoms with Gasteiger partial charge in [0, 0.05) is 33.2 Å². The van der Waals surface area contributed by atoms with Crippen molar-refractivity contribution in [2.45, 2.75) is 0 Å². The van der Waals surface area contributed by atoms with Crippen molar-refractivity contribution in [3.63, 3.8) is 0 Å². The maximum absolute atomic E-state index is 11.6. The summed E-state index contributed by atoms with van der Waals surface area (Å²) in [6.45, 7) is 5.27. The van der Waals surface area contributed by atoms with Gasteiger partial charge in [-0.25, -0.2) is 4.68 Å². The molecule has 100 valence electrons. The van der Waals surface area contributed by atoms with Gasteiger partial charge in [0.15, 0.2) is 0 Å². The summed E-state index contributed by atoms with van der Waals surface area (Å²) in [6, 6.07) is 0. The quantitative estimate of drug-likeness (QED) is 0.865. The van der Waals surface area contributed by atoms with E-state index in [9.17, 15) is 4.79 Å². The lowest BCUT2D eigenvalue weighted by Gasteiger charge is -2.26. The topological polar surface area (TPSA) is 59.4 Å². The second kappa shape index (κ2) is 6.31. The normalized spacial score (nSPS) is 16.8. The first kappa shape index (κ1) is 13.5. The van der Waals surface area contributed by atoms with Crippen LogP contribution in [0.15, 0.2) is 15.5 Å². The number of aryl methyl sites for hydroxylation is 1. The van der Waals surface area contributed by atoms with Crippen molar-refractivity contribution < 1.29 is 4.74 Å². The molecular weight excluding hydrogens is 300 g/mol. The smallest absolute Gasteiger partial charge is 0.282 e. The lowest BCUT2D eigenvalue weighted by atomic mass is 10.4. The van der Waals surface area contributed by atoms with Gasteiger partial charge in [0.05, 0.1) is 25.1 Å². The number of ether oxygens (including phenoxy) is 1. The first-order chi connectivity index (χ1) is 8.68. The van der Waals surface area contributed by atoms with E-state index in [-0.39, 0.29) is 5.56 Å². The average molecular weight is 317 g/mol. The van der Waals surface area contributed by atoms with Gasteiger partial charge >= 0.3 is 0 Å². The lowest BCUT2D eigenvalue weighted by Crippen LogP contribution is -2.39. The van der Waals surface area contributed by atoms with Crippen LogP contribution >= 0.6 is 15.9 Å². The third-order valence-corrected chi connectivity index (χ3v) is 3.69. The Kier molecular flexibility index (Phi) is 4.73. The van der Waals surface area contributed by atoms with Crippen LogP contribution in [0.25, 0.3) is 0 Å². The van der Waals surface area contributed by atoms with Gasteiger partial charge in [0.1, 0.15) is 4.47 Å². The SMILES string of the molecule is Cn1ncc(NCCN2CCOCC2)c(Br)c1=O. The van der Waals surface area contributed by atoms with E-state index in [1.165, 1.54) is 4.68 Å². The third kappa shape index (κ3) is 3.30. The molecule has 1 fully saturated rings. The molecule has 0 aliphatic carbocycles. The minimum Gasteiger partial charge on any atom is -0.381 e. The van der Waals surface area contributed by atoms with Crippen molar-refractivity contribution in [3.8, 4) is 0 Å².